The Bertz CT molecular complexity index is 846. The van der Waals surface area contributed by atoms with E-state index in [-0.39, 0.29) is 11.7 Å². The second kappa shape index (κ2) is 7.31. The maximum Gasteiger partial charge on any atom is 0.290 e. The third-order valence-electron chi connectivity index (χ3n) is 3.47. The molecule has 24 heavy (non-hydrogen) atoms. The van der Waals surface area contributed by atoms with Crippen molar-refractivity contribution >= 4 is 21.8 Å². The maximum atomic E-state index is 12.2. The lowest BCUT2D eigenvalue weighted by molar-refractivity contribution is 0.0914. The van der Waals surface area contributed by atoms with Crippen molar-refractivity contribution in [1.82, 2.24) is 10.5 Å². The Kier molecular flexibility index (Phi) is 4.96. The number of nitrogens with zero attached hydrogens (tertiary/aromatic N) is 1. The number of rotatable bonds is 5. The van der Waals surface area contributed by atoms with Gasteiger partial charge in [0, 0.05) is 18.2 Å². The van der Waals surface area contributed by atoms with Crippen LogP contribution in [0.15, 0.2) is 63.6 Å². The molecule has 3 rings (SSSR count). The predicted octanol–water partition coefficient (Wildman–Crippen LogP) is 4.04. The summed E-state index contributed by atoms with van der Waals surface area (Å²) in [6.45, 7) is 0.378. The van der Waals surface area contributed by atoms with Crippen LogP contribution >= 0.6 is 15.9 Å². The first kappa shape index (κ1) is 16.3. The molecule has 0 bridgehead atoms. The largest absolute Gasteiger partial charge is 0.496 e. The smallest absolute Gasteiger partial charge is 0.290 e. The van der Waals surface area contributed by atoms with E-state index in [2.05, 4.69) is 26.4 Å². The lowest BCUT2D eigenvalue weighted by Gasteiger charge is -2.07. The van der Waals surface area contributed by atoms with Crippen molar-refractivity contribution in [2.24, 2.45) is 0 Å². The predicted molar refractivity (Wildman–Crippen MR) is 93.8 cm³/mol. The van der Waals surface area contributed by atoms with Gasteiger partial charge in [-0.15, -0.1) is 0 Å². The van der Waals surface area contributed by atoms with Crippen LogP contribution in [0.5, 0.6) is 5.75 Å². The van der Waals surface area contributed by atoms with E-state index in [4.69, 9.17) is 9.26 Å². The minimum atomic E-state index is -0.309. The molecule has 0 aliphatic rings. The SMILES string of the molecule is COc1ccc(CNC(=O)c2cc(-c3ccccc3)no2)cc1Br. The minimum Gasteiger partial charge on any atom is -0.496 e. The summed E-state index contributed by atoms with van der Waals surface area (Å²) in [6, 6.07) is 16.8. The fraction of sp³-hybridized carbons (Fsp3) is 0.111. The van der Waals surface area contributed by atoms with Gasteiger partial charge in [0.25, 0.3) is 5.91 Å². The molecule has 1 N–H and O–H groups in total. The molecule has 0 unspecified atom stereocenters. The van der Waals surface area contributed by atoms with Crippen molar-refractivity contribution in [2.45, 2.75) is 6.54 Å². The molecule has 122 valence electrons. The molecule has 1 aromatic heterocycles. The van der Waals surface area contributed by atoms with E-state index >= 15 is 0 Å². The van der Waals surface area contributed by atoms with E-state index in [1.807, 2.05) is 48.5 Å². The molecule has 0 atom stereocenters. The first-order valence-electron chi connectivity index (χ1n) is 7.30. The third kappa shape index (κ3) is 3.65. The summed E-state index contributed by atoms with van der Waals surface area (Å²) in [5.74, 6) is 0.617. The number of carbonyl (C=O) groups is 1. The molecule has 0 spiro atoms. The lowest BCUT2D eigenvalue weighted by Crippen LogP contribution is -2.22. The standard InChI is InChI=1S/C18H15BrN2O3/c1-23-16-8-7-12(9-14(16)19)11-20-18(22)17-10-15(21-24-17)13-5-3-2-4-6-13/h2-10H,11H2,1H3,(H,20,22). The first-order valence-corrected chi connectivity index (χ1v) is 8.09. The van der Waals surface area contributed by atoms with Crippen LogP contribution in [0.1, 0.15) is 16.1 Å². The molecule has 0 saturated carbocycles. The van der Waals surface area contributed by atoms with Crippen molar-refractivity contribution in [1.29, 1.82) is 0 Å². The fourth-order valence-electron chi connectivity index (χ4n) is 2.22. The molecule has 0 aliphatic heterocycles. The molecule has 5 nitrogen and oxygen atoms in total. The van der Waals surface area contributed by atoms with E-state index in [9.17, 15) is 4.79 Å². The van der Waals surface area contributed by atoms with Gasteiger partial charge in [-0.2, -0.15) is 0 Å². The number of methoxy groups -OCH3 is 1. The molecular weight excluding hydrogens is 372 g/mol. The maximum absolute atomic E-state index is 12.2. The van der Waals surface area contributed by atoms with Gasteiger partial charge >= 0.3 is 0 Å². The summed E-state index contributed by atoms with van der Waals surface area (Å²) in [5, 5.41) is 6.75. The van der Waals surface area contributed by atoms with Gasteiger partial charge in [0.05, 0.1) is 11.6 Å². The zero-order chi connectivity index (χ0) is 16.9. The molecule has 1 heterocycles. The Morgan fingerprint density at radius 2 is 2.00 bits per heavy atom. The number of ether oxygens (including phenoxy) is 1. The van der Waals surface area contributed by atoms with Gasteiger partial charge in [-0.25, -0.2) is 0 Å². The topological polar surface area (TPSA) is 64.4 Å². The van der Waals surface area contributed by atoms with Gasteiger partial charge < -0.3 is 14.6 Å². The van der Waals surface area contributed by atoms with Gasteiger partial charge in [0.1, 0.15) is 11.4 Å². The number of benzene rings is 2. The van der Waals surface area contributed by atoms with E-state index in [1.165, 1.54) is 0 Å². The highest BCUT2D eigenvalue weighted by Crippen LogP contribution is 2.25. The van der Waals surface area contributed by atoms with Crippen molar-refractivity contribution in [3.05, 3.63) is 70.4 Å². The molecule has 3 aromatic rings. The van der Waals surface area contributed by atoms with Gasteiger partial charge in [-0.1, -0.05) is 41.6 Å². The average Bonchev–Trinajstić information content (AvgIpc) is 3.11. The summed E-state index contributed by atoms with van der Waals surface area (Å²) in [6.07, 6.45) is 0. The molecule has 0 saturated heterocycles. The van der Waals surface area contributed by atoms with Crippen LogP contribution in [0.4, 0.5) is 0 Å². The van der Waals surface area contributed by atoms with Crippen molar-refractivity contribution in [3.8, 4) is 17.0 Å². The summed E-state index contributed by atoms with van der Waals surface area (Å²) in [5.41, 5.74) is 2.48. The Hall–Kier alpha value is -2.60. The monoisotopic (exact) mass is 386 g/mol. The van der Waals surface area contributed by atoms with Gasteiger partial charge in [0.15, 0.2) is 0 Å². The zero-order valence-electron chi connectivity index (χ0n) is 13.0. The molecule has 2 aromatic carbocycles. The lowest BCUT2D eigenvalue weighted by atomic mass is 10.1. The van der Waals surface area contributed by atoms with Crippen molar-refractivity contribution in [2.75, 3.05) is 7.11 Å². The number of aromatic nitrogens is 1. The van der Waals surface area contributed by atoms with E-state index in [0.29, 0.717) is 12.2 Å². The van der Waals surface area contributed by atoms with Gasteiger partial charge in [0.2, 0.25) is 5.76 Å². The molecule has 0 fully saturated rings. The highest BCUT2D eigenvalue weighted by molar-refractivity contribution is 9.10. The summed E-state index contributed by atoms with van der Waals surface area (Å²) >= 11 is 3.42. The number of hydrogen-bond acceptors (Lipinski definition) is 4. The Labute approximate surface area is 147 Å². The third-order valence-corrected chi connectivity index (χ3v) is 4.09. The van der Waals surface area contributed by atoms with Crippen LogP contribution in [0.2, 0.25) is 0 Å². The van der Waals surface area contributed by atoms with Gasteiger partial charge in [-0.05, 0) is 33.6 Å². The molecule has 6 heteroatoms. The summed E-state index contributed by atoms with van der Waals surface area (Å²) in [7, 11) is 1.61. The Balaban J connectivity index is 1.65. The quantitative estimate of drug-likeness (QED) is 0.718. The van der Waals surface area contributed by atoms with Crippen LogP contribution in [-0.2, 0) is 6.54 Å². The first-order chi connectivity index (χ1) is 11.7. The second-order valence-corrected chi connectivity index (χ2v) is 5.95. The zero-order valence-corrected chi connectivity index (χ0v) is 14.5. The molecule has 0 aliphatic carbocycles. The van der Waals surface area contributed by atoms with Crippen LogP contribution < -0.4 is 10.1 Å². The van der Waals surface area contributed by atoms with Crippen LogP contribution in [-0.4, -0.2) is 18.2 Å². The van der Waals surface area contributed by atoms with E-state index in [0.717, 1.165) is 21.3 Å². The van der Waals surface area contributed by atoms with Crippen LogP contribution in [0.25, 0.3) is 11.3 Å². The van der Waals surface area contributed by atoms with Crippen LogP contribution in [0.3, 0.4) is 0 Å². The average molecular weight is 387 g/mol. The van der Waals surface area contributed by atoms with Gasteiger partial charge in [-0.3, -0.25) is 4.79 Å². The summed E-state index contributed by atoms with van der Waals surface area (Å²) < 4.78 is 11.2. The number of carbonyl (C=O) groups excluding carboxylic acids is 1. The highest BCUT2D eigenvalue weighted by Gasteiger charge is 2.14. The normalized spacial score (nSPS) is 10.4. The fourth-order valence-corrected chi connectivity index (χ4v) is 2.80. The highest BCUT2D eigenvalue weighted by atomic mass is 79.9. The summed E-state index contributed by atoms with van der Waals surface area (Å²) in [4.78, 5) is 12.2. The number of nitrogens with one attached hydrogen (secondary N) is 1. The number of amides is 1. The van der Waals surface area contributed by atoms with E-state index in [1.54, 1.807) is 13.2 Å². The second-order valence-electron chi connectivity index (χ2n) is 5.09. The Morgan fingerprint density at radius 3 is 2.71 bits per heavy atom. The molecule has 1 amide bonds. The van der Waals surface area contributed by atoms with Crippen LogP contribution in [0, 0.1) is 0 Å². The molecule has 0 radical (unpaired) electrons. The van der Waals surface area contributed by atoms with Crippen molar-refractivity contribution < 1.29 is 14.1 Å². The number of hydrogen-bond donors (Lipinski definition) is 1. The Morgan fingerprint density at radius 1 is 1.21 bits per heavy atom. The van der Waals surface area contributed by atoms with Crippen molar-refractivity contribution in [3.63, 3.8) is 0 Å². The number of halogens is 1. The minimum absolute atomic E-state index is 0.182. The molecular formula is C18H15BrN2O3. The van der Waals surface area contributed by atoms with E-state index < -0.39 is 0 Å².